The van der Waals surface area contributed by atoms with Crippen molar-refractivity contribution in [2.75, 3.05) is 12.4 Å². The first kappa shape index (κ1) is 8.26. The van der Waals surface area contributed by atoms with E-state index in [4.69, 9.17) is 0 Å². The van der Waals surface area contributed by atoms with Gasteiger partial charge >= 0.3 is 0 Å². The molecule has 1 N–H and O–H groups in total. The Balaban J connectivity index is 2.41. The fourth-order valence-electron chi connectivity index (χ4n) is 1.17. The second-order valence-corrected chi connectivity index (χ2v) is 3.56. The van der Waals surface area contributed by atoms with E-state index in [0.29, 0.717) is 0 Å². The van der Waals surface area contributed by atoms with Crippen molar-refractivity contribution in [2.24, 2.45) is 0 Å². The van der Waals surface area contributed by atoms with Crippen molar-refractivity contribution >= 4 is 17.0 Å². The third-order valence-corrected chi connectivity index (χ3v) is 2.65. The molecule has 0 unspecified atom stereocenters. The van der Waals surface area contributed by atoms with Gasteiger partial charge in [-0.1, -0.05) is 12.1 Å². The summed E-state index contributed by atoms with van der Waals surface area (Å²) in [4.78, 5) is 4.25. The molecule has 0 aliphatic heterocycles. The zero-order valence-electron chi connectivity index (χ0n) is 7.32. The van der Waals surface area contributed by atoms with Crippen LogP contribution in [0.15, 0.2) is 35.8 Å². The second kappa shape index (κ2) is 3.58. The number of hydrogen-bond acceptors (Lipinski definition) is 3. The van der Waals surface area contributed by atoms with Gasteiger partial charge in [-0.05, 0) is 12.1 Å². The van der Waals surface area contributed by atoms with Crippen LogP contribution in [0.25, 0.3) is 10.6 Å². The Morgan fingerprint density at radius 1 is 1.38 bits per heavy atom. The number of hydrogen-bond donors (Lipinski definition) is 1. The van der Waals surface area contributed by atoms with Crippen LogP contribution in [0.5, 0.6) is 0 Å². The molecular weight excluding hydrogens is 180 g/mol. The highest BCUT2D eigenvalue weighted by Crippen LogP contribution is 2.23. The number of anilines is 1. The molecule has 2 aromatic rings. The summed E-state index contributed by atoms with van der Waals surface area (Å²) in [6.45, 7) is 0. The molecule has 0 aliphatic carbocycles. The second-order valence-electron chi connectivity index (χ2n) is 2.67. The molecule has 13 heavy (non-hydrogen) atoms. The molecule has 0 atom stereocenters. The lowest BCUT2D eigenvalue weighted by Crippen LogP contribution is -1.87. The average Bonchev–Trinajstić information content (AvgIpc) is 2.71. The predicted octanol–water partition coefficient (Wildman–Crippen LogP) is 2.85. The van der Waals surface area contributed by atoms with Crippen molar-refractivity contribution < 1.29 is 0 Å². The topological polar surface area (TPSA) is 24.9 Å². The van der Waals surface area contributed by atoms with E-state index in [2.05, 4.69) is 22.4 Å². The van der Waals surface area contributed by atoms with E-state index < -0.39 is 0 Å². The zero-order chi connectivity index (χ0) is 9.10. The van der Waals surface area contributed by atoms with Crippen LogP contribution < -0.4 is 5.32 Å². The molecule has 2 rings (SSSR count). The van der Waals surface area contributed by atoms with E-state index in [1.807, 2.05) is 30.8 Å². The fraction of sp³-hybridized carbons (Fsp3) is 0.100. The molecule has 1 aromatic heterocycles. The summed E-state index contributed by atoms with van der Waals surface area (Å²) in [5.41, 5.74) is 2.29. The maximum atomic E-state index is 4.25. The molecule has 0 amide bonds. The first-order chi connectivity index (χ1) is 6.40. The highest BCUT2D eigenvalue weighted by Gasteiger charge is 1.99. The van der Waals surface area contributed by atoms with Crippen LogP contribution >= 0.6 is 11.3 Å². The molecule has 0 saturated carbocycles. The Kier molecular flexibility index (Phi) is 2.27. The lowest BCUT2D eigenvalue weighted by Gasteiger charge is -2.01. The third kappa shape index (κ3) is 1.70. The van der Waals surface area contributed by atoms with Crippen molar-refractivity contribution in [2.45, 2.75) is 0 Å². The van der Waals surface area contributed by atoms with Gasteiger partial charge in [0.2, 0.25) is 0 Å². The molecule has 0 radical (unpaired) electrons. The number of rotatable bonds is 2. The Hall–Kier alpha value is -1.35. The van der Waals surface area contributed by atoms with E-state index in [-0.39, 0.29) is 0 Å². The Bertz CT molecular complexity index is 382. The molecule has 3 heteroatoms. The van der Waals surface area contributed by atoms with E-state index >= 15 is 0 Å². The smallest absolute Gasteiger partial charge is 0.123 e. The largest absolute Gasteiger partial charge is 0.388 e. The maximum Gasteiger partial charge on any atom is 0.123 e. The summed E-state index contributed by atoms with van der Waals surface area (Å²) >= 11 is 1.66. The maximum absolute atomic E-state index is 4.25. The first-order valence-electron chi connectivity index (χ1n) is 4.08. The van der Waals surface area contributed by atoms with Gasteiger partial charge < -0.3 is 5.32 Å². The van der Waals surface area contributed by atoms with Gasteiger partial charge in [-0.3, -0.25) is 0 Å². The number of nitrogens with one attached hydrogen (secondary N) is 1. The molecule has 66 valence electrons. The van der Waals surface area contributed by atoms with E-state index in [1.54, 1.807) is 11.3 Å². The van der Waals surface area contributed by atoms with Gasteiger partial charge in [-0.25, -0.2) is 4.98 Å². The highest BCUT2D eigenvalue weighted by molar-refractivity contribution is 7.13. The zero-order valence-corrected chi connectivity index (χ0v) is 8.14. The average molecular weight is 190 g/mol. The first-order valence-corrected chi connectivity index (χ1v) is 4.96. The van der Waals surface area contributed by atoms with Gasteiger partial charge in [0, 0.05) is 29.9 Å². The van der Waals surface area contributed by atoms with Crippen molar-refractivity contribution in [1.29, 1.82) is 0 Å². The number of benzene rings is 1. The lowest BCUT2D eigenvalue weighted by atomic mass is 10.2. The molecule has 1 aromatic carbocycles. The van der Waals surface area contributed by atoms with Crippen molar-refractivity contribution in [3.63, 3.8) is 0 Å². The van der Waals surface area contributed by atoms with E-state index in [1.165, 1.54) is 5.56 Å². The van der Waals surface area contributed by atoms with Crippen molar-refractivity contribution in [1.82, 2.24) is 4.98 Å². The van der Waals surface area contributed by atoms with Gasteiger partial charge in [0.25, 0.3) is 0 Å². The summed E-state index contributed by atoms with van der Waals surface area (Å²) in [6.07, 6.45) is 1.83. The van der Waals surface area contributed by atoms with E-state index in [0.717, 1.165) is 10.7 Å². The summed E-state index contributed by atoms with van der Waals surface area (Å²) < 4.78 is 0. The van der Waals surface area contributed by atoms with Gasteiger partial charge in [-0.2, -0.15) is 0 Å². The third-order valence-electron chi connectivity index (χ3n) is 1.83. The van der Waals surface area contributed by atoms with Crippen LogP contribution in [0, 0.1) is 0 Å². The normalized spacial score (nSPS) is 9.92. The fourth-order valence-corrected chi connectivity index (χ4v) is 1.81. The molecule has 0 saturated heterocycles. The quantitative estimate of drug-likeness (QED) is 0.787. The summed E-state index contributed by atoms with van der Waals surface area (Å²) in [5, 5.41) is 6.16. The van der Waals surface area contributed by atoms with Crippen LogP contribution in [0.2, 0.25) is 0 Å². The Labute approximate surface area is 81.3 Å². The molecule has 0 bridgehead atoms. The number of aromatic nitrogens is 1. The molecule has 2 nitrogen and oxygen atoms in total. The van der Waals surface area contributed by atoms with Gasteiger partial charge in [0.05, 0.1) is 0 Å². The van der Waals surface area contributed by atoms with Crippen LogP contribution in [-0.2, 0) is 0 Å². The highest BCUT2D eigenvalue weighted by atomic mass is 32.1. The number of thiazole rings is 1. The van der Waals surface area contributed by atoms with Gasteiger partial charge in [-0.15, -0.1) is 11.3 Å². The minimum absolute atomic E-state index is 1.07. The lowest BCUT2D eigenvalue weighted by molar-refractivity contribution is 1.41. The SMILES string of the molecule is CNc1cccc(-c2nccs2)c1. The number of nitrogens with zero attached hydrogens (tertiary/aromatic N) is 1. The summed E-state index contributed by atoms with van der Waals surface area (Å²) in [6, 6.07) is 8.23. The standard InChI is InChI=1S/C10H10N2S/c1-11-9-4-2-3-8(7-9)10-12-5-6-13-10/h2-7,11H,1H3. The van der Waals surface area contributed by atoms with Crippen LogP contribution in [0.3, 0.4) is 0 Å². The van der Waals surface area contributed by atoms with Crippen LogP contribution in [0.1, 0.15) is 0 Å². The minimum atomic E-state index is 1.07. The van der Waals surface area contributed by atoms with Crippen molar-refractivity contribution in [3.8, 4) is 10.6 Å². The monoisotopic (exact) mass is 190 g/mol. The molecular formula is C10H10N2S. The van der Waals surface area contributed by atoms with Gasteiger partial charge in [0.15, 0.2) is 0 Å². The molecule has 1 heterocycles. The predicted molar refractivity (Wildman–Crippen MR) is 57.1 cm³/mol. The molecule has 0 fully saturated rings. The minimum Gasteiger partial charge on any atom is -0.388 e. The summed E-state index contributed by atoms with van der Waals surface area (Å²) in [5.74, 6) is 0. The van der Waals surface area contributed by atoms with Crippen LogP contribution in [0.4, 0.5) is 5.69 Å². The molecule has 0 spiro atoms. The van der Waals surface area contributed by atoms with Gasteiger partial charge in [0.1, 0.15) is 5.01 Å². The van der Waals surface area contributed by atoms with E-state index in [9.17, 15) is 0 Å². The van der Waals surface area contributed by atoms with Crippen LogP contribution in [-0.4, -0.2) is 12.0 Å². The molecule has 0 aliphatic rings. The van der Waals surface area contributed by atoms with Crippen molar-refractivity contribution in [3.05, 3.63) is 35.8 Å². The summed E-state index contributed by atoms with van der Waals surface area (Å²) in [7, 11) is 1.92. The Morgan fingerprint density at radius 3 is 3.00 bits per heavy atom. The Morgan fingerprint density at radius 2 is 2.31 bits per heavy atom.